The summed E-state index contributed by atoms with van der Waals surface area (Å²) in [5, 5.41) is 0.820. The molecule has 0 aliphatic carbocycles. The van der Waals surface area contributed by atoms with Crippen LogP contribution in [0.5, 0.6) is 0 Å². The van der Waals surface area contributed by atoms with E-state index in [4.69, 9.17) is 4.74 Å². The molecule has 0 aliphatic rings. The lowest BCUT2D eigenvalue weighted by Crippen LogP contribution is -2.14. The zero-order valence-electron chi connectivity index (χ0n) is 12.0. The molecule has 5 heteroatoms. The van der Waals surface area contributed by atoms with Crippen molar-refractivity contribution in [2.24, 2.45) is 0 Å². The standard InChI is InChI=1S/C17H14N2O3/c1-11-6-7-12(8-18-11)17(21)22-10-16(20)14-9-19-15-5-3-2-4-13(14)15/h2-9,19H,10H2,1H3. The molecule has 0 aliphatic heterocycles. The van der Waals surface area contributed by atoms with Crippen LogP contribution in [0.15, 0.2) is 48.8 Å². The van der Waals surface area contributed by atoms with E-state index in [9.17, 15) is 9.59 Å². The molecule has 3 aromatic rings. The Morgan fingerprint density at radius 3 is 2.77 bits per heavy atom. The molecule has 1 aromatic carbocycles. The van der Waals surface area contributed by atoms with E-state index in [-0.39, 0.29) is 12.4 Å². The fraction of sp³-hybridized carbons (Fsp3) is 0.118. The molecule has 110 valence electrons. The molecule has 0 unspecified atom stereocenters. The van der Waals surface area contributed by atoms with E-state index in [1.807, 2.05) is 31.2 Å². The summed E-state index contributed by atoms with van der Waals surface area (Å²) >= 11 is 0. The van der Waals surface area contributed by atoms with E-state index in [0.717, 1.165) is 16.6 Å². The van der Waals surface area contributed by atoms with Crippen molar-refractivity contribution in [3.63, 3.8) is 0 Å². The maximum absolute atomic E-state index is 12.2. The Kier molecular flexibility index (Phi) is 3.70. The highest BCUT2D eigenvalue weighted by Gasteiger charge is 2.15. The second-order valence-corrected chi connectivity index (χ2v) is 4.94. The lowest BCUT2D eigenvalue weighted by Gasteiger charge is -2.04. The predicted molar refractivity (Wildman–Crippen MR) is 81.9 cm³/mol. The number of nitrogens with one attached hydrogen (secondary N) is 1. The summed E-state index contributed by atoms with van der Waals surface area (Å²) in [4.78, 5) is 31.1. The average Bonchev–Trinajstić information content (AvgIpc) is 2.97. The number of Topliss-reactive ketones (excluding diaryl/α,β-unsaturated/α-hetero) is 1. The van der Waals surface area contributed by atoms with Crippen molar-refractivity contribution in [2.45, 2.75) is 6.92 Å². The fourth-order valence-corrected chi connectivity index (χ4v) is 2.18. The minimum atomic E-state index is -0.555. The SMILES string of the molecule is Cc1ccc(C(=O)OCC(=O)c2c[nH]c3ccccc23)cn1. The van der Waals surface area contributed by atoms with Crippen LogP contribution in [0.2, 0.25) is 0 Å². The van der Waals surface area contributed by atoms with Crippen LogP contribution in [0.4, 0.5) is 0 Å². The molecular weight excluding hydrogens is 280 g/mol. The number of H-pyrrole nitrogens is 1. The molecule has 5 nitrogen and oxygen atoms in total. The lowest BCUT2D eigenvalue weighted by atomic mass is 10.1. The zero-order valence-corrected chi connectivity index (χ0v) is 12.0. The van der Waals surface area contributed by atoms with Crippen molar-refractivity contribution in [3.8, 4) is 0 Å². The molecule has 0 atom stereocenters. The van der Waals surface area contributed by atoms with Crippen LogP contribution in [-0.4, -0.2) is 28.3 Å². The number of hydrogen-bond donors (Lipinski definition) is 1. The predicted octanol–water partition coefficient (Wildman–Crippen LogP) is 2.91. The Morgan fingerprint density at radius 1 is 1.18 bits per heavy atom. The molecule has 2 aromatic heterocycles. The molecule has 0 amide bonds. The number of ketones is 1. The minimum absolute atomic E-state index is 0.245. The van der Waals surface area contributed by atoms with Crippen molar-refractivity contribution in [1.29, 1.82) is 0 Å². The Morgan fingerprint density at radius 2 is 2.00 bits per heavy atom. The van der Waals surface area contributed by atoms with Gasteiger partial charge in [-0.05, 0) is 25.1 Å². The van der Waals surface area contributed by atoms with Gasteiger partial charge in [0.25, 0.3) is 0 Å². The van der Waals surface area contributed by atoms with Gasteiger partial charge in [0.05, 0.1) is 5.56 Å². The summed E-state index contributed by atoms with van der Waals surface area (Å²) in [5.41, 5.74) is 2.54. The Balaban J connectivity index is 1.70. The summed E-state index contributed by atoms with van der Waals surface area (Å²) < 4.78 is 5.06. The van der Waals surface area contributed by atoms with Gasteiger partial charge in [0, 0.05) is 34.6 Å². The van der Waals surface area contributed by atoms with Gasteiger partial charge >= 0.3 is 5.97 Å². The number of benzene rings is 1. The molecular formula is C17H14N2O3. The van der Waals surface area contributed by atoms with Crippen molar-refractivity contribution in [2.75, 3.05) is 6.61 Å². The average molecular weight is 294 g/mol. The molecule has 0 bridgehead atoms. The highest BCUT2D eigenvalue weighted by Crippen LogP contribution is 2.18. The molecule has 1 N–H and O–H groups in total. The first-order valence-corrected chi connectivity index (χ1v) is 6.84. The van der Waals surface area contributed by atoms with E-state index < -0.39 is 5.97 Å². The number of para-hydroxylation sites is 1. The number of aromatic nitrogens is 2. The molecule has 3 rings (SSSR count). The van der Waals surface area contributed by atoms with Crippen molar-refractivity contribution >= 4 is 22.7 Å². The van der Waals surface area contributed by atoms with Crippen LogP contribution in [0.25, 0.3) is 10.9 Å². The molecule has 0 saturated carbocycles. The van der Waals surface area contributed by atoms with Crippen LogP contribution >= 0.6 is 0 Å². The maximum atomic E-state index is 12.2. The zero-order chi connectivity index (χ0) is 15.5. The molecule has 0 fully saturated rings. The Bertz CT molecular complexity index is 834. The van der Waals surface area contributed by atoms with Gasteiger partial charge in [-0.25, -0.2) is 4.79 Å². The maximum Gasteiger partial charge on any atom is 0.340 e. The third kappa shape index (κ3) is 2.74. The van der Waals surface area contributed by atoms with Gasteiger partial charge in [-0.15, -0.1) is 0 Å². The number of aromatic amines is 1. The summed E-state index contributed by atoms with van der Waals surface area (Å²) in [5.74, 6) is -0.799. The van der Waals surface area contributed by atoms with Crippen LogP contribution < -0.4 is 0 Å². The van der Waals surface area contributed by atoms with Gasteiger partial charge in [0.2, 0.25) is 5.78 Å². The number of carbonyl (C=O) groups is 2. The van der Waals surface area contributed by atoms with E-state index >= 15 is 0 Å². The first-order valence-electron chi connectivity index (χ1n) is 6.84. The van der Waals surface area contributed by atoms with Crippen LogP contribution in [0, 0.1) is 6.92 Å². The normalized spacial score (nSPS) is 10.6. The first kappa shape index (κ1) is 14.0. The van der Waals surface area contributed by atoms with Gasteiger partial charge < -0.3 is 9.72 Å². The van der Waals surface area contributed by atoms with Crippen molar-refractivity contribution in [1.82, 2.24) is 9.97 Å². The number of fused-ring (bicyclic) bond motifs is 1. The molecule has 2 heterocycles. The largest absolute Gasteiger partial charge is 0.454 e. The van der Waals surface area contributed by atoms with Crippen LogP contribution in [0.3, 0.4) is 0 Å². The summed E-state index contributed by atoms with van der Waals surface area (Å²) in [6.07, 6.45) is 3.07. The topological polar surface area (TPSA) is 72.1 Å². The van der Waals surface area contributed by atoms with Gasteiger partial charge in [-0.3, -0.25) is 9.78 Å². The van der Waals surface area contributed by atoms with E-state index in [1.165, 1.54) is 6.20 Å². The third-order valence-corrected chi connectivity index (χ3v) is 3.37. The van der Waals surface area contributed by atoms with Crippen LogP contribution in [-0.2, 0) is 4.74 Å². The molecule has 0 radical (unpaired) electrons. The second kappa shape index (κ2) is 5.81. The van der Waals surface area contributed by atoms with E-state index in [0.29, 0.717) is 11.1 Å². The summed E-state index contributed by atoms with van der Waals surface area (Å²) in [6, 6.07) is 10.8. The number of rotatable bonds is 4. The Labute approximate surface area is 126 Å². The van der Waals surface area contributed by atoms with Gasteiger partial charge in [-0.2, -0.15) is 0 Å². The van der Waals surface area contributed by atoms with Crippen LogP contribution in [0.1, 0.15) is 26.4 Å². The number of aryl methyl sites for hydroxylation is 1. The highest BCUT2D eigenvalue weighted by molar-refractivity contribution is 6.09. The quantitative estimate of drug-likeness (QED) is 0.593. The number of esters is 1. The number of ether oxygens (including phenoxy) is 1. The smallest absolute Gasteiger partial charge is 0.340 e. The Hall–Kier alpha value is -2.95. The van der Waals surface area contributed by atoms with E-state index in [1.54, 1.807) is 18.3 Å². The van der Waals surface area contributed by atoms with Gasteiger partial charge in [0.15, 0.2) is 6.61 Å². The molecule has 0 saturated heterocycles. The number of carbonyl (C=O) groups excluding carboxylic acids is 2. The van der Waals surface area contributed by atoms with E-state index in [2.05, 4.69) is 9.97 Å². The third-order valence-electron chi connectivity index (χ3n) is 3.37. The summed E-state index contributed by atoms with van der Waals surface area (Å²) in [7, 11) is 0. The number of nitrogens with zero attached hydrogens (tertiary/aromatic N) is 1. The van der Waals surface area contributed by atoms with Crippen molar-refractivity contribution < 1.29 is 14.3 Å². The molecule has 22 heavy (non-hydrogen) atoms. The lowest BCUT2D eigenvalue weighted by molar-refractivity contribution is 0.0474. The first-order chi connectivity index (χ1) is 10.6. The fourth-order valence-electron chi connectivity index (χ4n) is 2.18. The number of hydrogen-bond acceptors (Lipinski definition) is 4. The number of pyridine rings is 1. The van der Waals surface area contributed by atoms with Gasteiger partial charge in [0.1, 0.15) is 0 Å². The monoisotopic (exact) mass is 294 g/mol. The summed E-state index contributed by atoms with van der Waals surface area (Å²) in [6.45, 7) is 1.53. The second-order valence-electron chi connectivity index (χ2n) is 4.94. The minimum Gasteiger partial charge on any atom is -0.454 e. The molecule has 0 spiro atoms. The van der Waals surface area contributed by atoms with Crippen molar-refractivity contribution in [3.05, 3.63) is 65.6 Å². The van der Waals surface area contributed by atoms with Gasteiger partial charge in [-0.1, -0.05) is 18.2 Å². The highest BCUT2D eigenvalue weighted by atomic mass is 16.5.